The molecule has 2 rings (SSSR count). The minimum atomic E-state index is -1.09. The Balaban J connectivity index is 2.08. The monoisotopic (exact) mass is 266 g/mol. The molecule has 0 radical (unpaired) electrons. The van der Waals surface area contributed by atoms with Gasteiger partial charge in [-0.3, -0.25) is 4.79 Å². The van der Waals surface area contributed by atoms with Crippen molar-refractivity contribution in [2.75, 3.05) is 11.1 Å². The molecule has 5 nitrogen and oxygen atoms in total. The number of aromatic carboxylic acids is 1. The largest absolute Gasteiger partial charge is 0.478 e. The van der Waals surface area contributed by atoms with Crippen molar-refractivity contribution in [3.63, 3.8) is 0 Å². The first-order valence-corrected chi connectivity index (χ1v) is 6.84. The van der Waals surface area contributed by atoms with Gasteiger partial charge in [0.25, 0.3) is 0 Å². The minimum Gasteiger partial charge on any atom is -0.478 e. The second-order valence-corrected chi connectivity index (χ2v) is 5.36. The molecule has 18 heavy (non-hydrogen) atoms. The van der Waals surface area contributed by atoms with E-state index in [-0.39, 0.29) is 22.5 Å². The number of carbonyl (C=O) groups is 2. The van der Waals surface area contributed by atoms with Crippen molar-refractivity contribution in [3.8, 4) is 0 Å². The Morgan fingerprint density at radius 1 is 1.44 bits per heavy atom. The van der Waals surface area contributed by atoms with Crippen LogP contribution in [0, 0.1) is 0 Å². The summed E-state index contributed by atoms with van der Waals surface area (Å²) in [5, 5.41) is 11.5. The minimum absolute atomic E-state index is 0.0201. The number of nitrogens with one attached hydrogen (secondary N) is 1. The average Bonchev–Trinajstić information content (AvgIpc) is 2.40. The lowest BCUT2D eigenvalue weighted by atomic mass is 10.2. The third-order valence-electron chi connectivity index (χ3n) is 2.75. The molecule has 1 amide bonds. The molecule has 2 heterocycles. The predicted molar refractivity (Wildman–Crippen MR) is 69.9 cm³/mol. The molecule has 1 aliphatic rings. The smallest absolute Gasteiger partial charge is 0.339 e. The van der Waals surface area contributed by atoms with Gasteiger partial charge in [-0.05, 0) is 30.7 Å². The summed E-state index contributed by atoms with van der Waals surface area (Å²) in [4.78, 5) is 26.9. The zero-order valence-electron chi connectivity index (χ0n) is 9.76. The highest BCUT2D eigenvalue weighted by Gasteiger charge is 2.23. The van der Waals surface area contributed by atoms with Gasteiger partial charge in [0.05, 0.1) is 5.25 Å². The highest BCUT2D eigenvalue weighted by Crippen LogP contribution is 2.26. The molecule has 2 N–H and O–H groups in total. The van der Waals surface area contributed by atoms with Gasteiger partial charge >= 0.3 is 5.97 Å². The summed E-state index contributed by atoms with van der Waals surface area (Å²) in [6, 6.07) is 2.97. The molecule has 1 fully saturated rings. The summed E-state index contributed by atoms with van der Waals surface area (Å²) >= 11 is 1.62. The highest BCUT2D eigenvalue weighted by atomic mass is 32.2. The van der Waals surface area contributed by atoms with Crippen LogP contribution in [0.15, 0.2) is 18.3 Å². The number of rotatable bonds is 3. The standard InChI is InChI=1S/C12H14N2O3S/c15-11(9-5-1-2-7-18-9)14-10-8(12(16)17)4-3-6-13-10/h3-4,6,9H,1-2,5,7H2,(H,16,17)(H,13,14,15). The zero-order valence-corrected chi connectivity index (χ0v) is 10.6. The van der Waals surface area contributed by atoms with Crippen LogP contribution in [-0.2, 0) is 4.79 Å². The SMILES string of the molecule is O=C(O)c1cccnc1NC(=O)C1CCCCS1. The van der Waals surface area contributed by atoms with Crippen molar-refractivity contribution < 1.29 is 14.7 Å². The fourth-order valence-electron chi connectivity index (χ4n) is 1.82. The van der Waals surface area contributed by atoms with E-state index in [9.17, 15) is 9.59 Å². The first-order chi connectivity index (χ1) is 8.68. The Kier molecular flexibility index (Phi) is 4.19. The second kappa shape index (κ2) is 5.86. The molecule has 1 aromatic rings. The Morgan fingerprint density at radius 3 is 2.94 bits per heavy atom. The van der Waals surface area contributed by atoms with Crippen molar-refractivity contribution in [3.05, 3.63) is 23.9 Å². The molecule has 1 aliphatic heterocycles. The molecule has 1 atom stereocenters. The number of aromatic nitrogens is 1. The number of hydrogen-bond donors (Lipinski definition) is 2. The fraction of sp³-hybridized carbons (Fsp3) is 0.417. The van der Waals surface area contributed by atoms with Crippen molar-refractivity contribution in [2.45, 2.75) is 24.5 Å². The van der Waals surface area contributed by atoms with Gasteiger partial charge < -0.3 is 10.4 Å². The normalized spacial score (nSPS) is 19.2. The van der Waals surface area contributed by atoms with Gasteiger partial charge in [-0.2, -0.15) is 0 Å². The van der Waals surface area contributed by atoms with Crippen LogP contribution in [0.3, 0.4) is 0 Å². The molecule has 1 saturated heterocycles. The Bertz CT molecular complexity index is 458. The number of carboxylic acid groups (broad SMARTS) is 1. The van der Waals surface area contributed by atoms with E-state index in [1.807, 2.05) is 0 Å². The number of hydrogen-bond acceptors (Lipinski definition) is 4. The maximum absolute atomic E-state index is 12.0. The number of thioether (sulfide) groups is 1. The predicted octanol–water partition coefficient (Wildman–Crippen LogP) is 2.00. The van der Waals surface area contributed by atoms with E-state index in [1.165, 1.54) is 18.3 Å². The van der Waals surface area contributed by atoms with Crippen molar-refractivity contribution in [2.24, 2.45) is 0 Å². The van der Waals surface area contributed by atoms with Crippen LogP contribution in [-0.4, -0.2) is 33.0 Å². The van der Waals surface area contributed by atoms with E-state index in [0.717, 1.165) is 25.0 Å². The van der Waals surface area contributed by atoms with Gasteiger partial charge in [0.15, 0.2) is 0 Å². The average molecular weight is 266 g/mol. The molecular formula is C12H14N2O3S. The maximum atomic E-state index is 12.0. The van der Waals surface area contributed by atoms with Gasteiger partial charge in [-0.1, -0.05) is 6.42 Å². The maximum Gasteiger partial charge on any atom is 0.339 e. The quantitative estimate of drug-likeness (QED) is 0.874. The molecular weight excluding hydrogens is 252 g/mol. The number of carbonyl (C=O) groups excluding carboxylic acids is 1. The number of pyridine rings is 1. The van der Waals surface area contributed by atoms with Crippen molar-refractivity contribution >= 4 is 29.5 Å². The molecule has 0 aromatic carbocycles. The summed E-state index contributed by atoms with van der Waals surface area (Å²) in [5.41, 5.74) is 0.0201. The van der Waals surface area contributed by atoms with E-state index < -0.39 is 5.97 Å². The number of amides is 1. The fourth-order valence-corrected chi connectivity index (χ4v) is 3.02. The third-order valence-corrected chi connectivity index (χ3v) is 4.13. The van der Waals surface area contributed by atoms with Crippen LogP contribution < -0.4 is 5.32 Å². The summed E-state index contributed by atoms with van der Waals surface area (Å²) in [7, 11) is 0. The summed E-state index contributed by atoms with van der Waals surface area (Å²) in [6.07, 6.45) is 4.49. The lowest BCUT2D eigenvalue weighted by Crippen LogP contribution is -2.28. The second-order valence-electron chi connectivity index (χ2n) is 4.05. The van der Waals surface area contributed by atoms with Crippen LogP contribution in [0.5, 0.6) is 0 Å². The molecule has 1 unspecified atom stereocenters. The molecule has 6 heteroatoms. The molecule has 1 aromatic heterocycles. The first-order valence-electron chi connectivity index (χ1n) is 5.79. The molecule has 0 saturated carbocycles. The van der Waals surface area contributed by atoms with Crippen LogP contribution in [0.1, 0.15) is 29.6 Å². The van der Waals surface area contributed by atoms with Gasteiger partial charge in [0.2, 0.25) is 5.91 Å². The summed E-state index contributed by atoms with van der Waals surface area (Å²) in [5.74, 6) is -0.136. The summed E-state index contributed by atoms with van der Waals surface area (Å²) < 4.78 is 0. The van der Waals surface area contributed by atoms with Gasteiger partial charge in [-0.15, -0.1) is 11.8 Å². The lowest BCUT2D eigenvalue weighted by molar-refractivity contribution is -0.115. The first kappa shape index (κ1) is 12.9. The molecule has 0 aliphatic carbocycles. The van der Waals surface area contributed by atoms with Gasteiger partial charge in [-0.25, -0.2) is 9.78 Å². The van der Waals surface area contributed by atoms with Crippen molar-refractivity contribution in [1.82, 2.24) is 4.98 Å². The molecule has 96 valence electrons. The van der Waals surface area contributed by atoms with E-state index in [1.54, 1.807) is 11.8 Å². The Labute approximate surface area is 109 Å². The van der Waals surface area contributed by atoms with Crippen LogP contribution in [0.25, 0.3) is 0 Å². The Hall–Kier alpha value is -1.56. The van der Waals surface area contributed by atoms with Gasteiger partial charge in [0, 0.05) is 6.20 Å². The Morgan fingerprint density at radius 2 is 2.28 bits per heavy atom. The number of anilines is 1. The third kappa shape index (κ3) is 3.01. The number of nitrogens with zero attached hydrogens (tertiary/aromatic N) is 1. The molecule has 0 bridgehead atoms. The van der Waals surface area contributed by atoms with E-state index in [4.69, 9.17) is 5.11 Å². The molecule has 0 spiro atoms. The van der Waals surface area contributed by atoms with E-state index in [0.29, 0.717) is 0 Å². The van der Waals surface area contributed by atoms with E-state index >= 15 is 0 Å². The summed E-state index contributed by atoms with van der Waals surface area (Å²) in [6.45, 7) is 0. The van der Waals surface area contributed by atoms with Gasteiger partial charge in [0.1, 0.15) is 11.4 Å². The van der Waals surface area contributed by atoms with Crippen LogP contribution >= 0.6 is 11.8 Å². The highest BCUT2D eigenvalue weighted by molar-refractivity contribution is 8.00. The topological polar surface area (TPSA) is 79.3 Å². The van der Waals surface area contributed by atoms with E-state index in [2.05, 4.69) is 10.3 Å². The van der Waals surface area contributed by atoms with Crippen LogP contribution in [0.2, 0.25) is 0 Å². The lowest BCUT2D eigenvalue weighted by Gasteiger charge is -2.20. The van der Waals surface area contributed by atoms with Crippen molar-refractivity contribution in [1.29, 1.82) is 0 Å². The number of carboxylic acids is 1. The van der Waals surface area contributed by atoms with Crippen LogP contribution in [0.4, 0.5) is 5.82 Å². The zero-order chi connectivity index (χ0) is 13.0.